The van der Waals surface area contributed by atoms with Gasteiger partial charge in [0.25, 0.3) is 0 Å². The van der Waals surface area contributed by atoms with Crippen molar-refractivity contribution in [1.82, 2.24) is 0 Å². The number of ether oxygens (including phenoxy) is 1. The number of esters is 1. The van der Waals surface area contributed by atoms with Gasteiger partial charge in [-0.1, -0.05) is 167 Å². The first-order chi connectivity index (χ1) is 19.6. The SMILES string of the molecule is C=CCOC(=O)C(CCCCCCCCCCCCCCCCCCC/C=C/CCCCCCCC)CC(=O)O. The van der Waals surface area contributed by atoms with Crippen LogP contribution in [0, 0.1) is 5.92 Å². The molecule has 1 unspecified atom stereocenters. The molecule has 4 heteroatoms. The number of carbonyl (C=O) groups is 2. The Morgan fingerprint density at radius 3 is 1.38 bits per heavy atom. The van der Waals surface area contributed by atoms with Crippen LogP contribution < -0.4 is 0 Å². The molecule has 4 nitrogen and oxygen atoms in total. The van der Waals surface area contributed by atoms with Crippen LogP contribution in [0.2, 0.25) is 0 Å². The summed E-state index contributed by atoms with van der Waals surface area (Å²) in [6, 6.07) is 0. The number of carbonyl (C=O) groups excluding carboxylic acids is 1. The molecule has 0 saturated carbocycles. The molecule has 0 rings (SSSR count). The van der Waals surface area contributed by atoms with Crippen LogP contribution in [0.1, 0.15) is 180 Å². The van der Waals surface area contributed by atoms with Crippen molar-refractivity contribution in [2.45, 2.75) is 180 Å². The van der Waals surface area contributed by atoms with E-state index in [2.05, 4.69) is 25.7 Å². The minimum absolute atomic E-state index is 0.145. The molecule has 0 heterocycles. The van der Waals surface area contributed by atoms with Crippen molar-refractivity contribution in [3.8, 4) is 0 Å². The number of aliphatic carboxylic acids is 1. The third-order valence-corrected chi connectivity index (χ3v) is 7.91. The molecule has 1 atom stereocenters. The molecule has 40 heavy (non-hydrogen) atoms. The zero-order valence-electron chi connectivity index (χ0n) is 26.5. The van der Waals surface area contributed by atoms with Gasteiger partial charge in [0.15, 0.2) is 0 Å². The minimum Gasteiger partial charge on any atom is -0.481 e. The van der Waals surface area contributed by atoms with Crippen LogP contribution in [0.4, 0.5) is 0 Å². The quantitative estimate of drug-likeness (QED) is 0.0503. The molecule has 0 aliphatic carbocycles. The lowest BCUT2D eigenvalue weighted by Crippen LogP contribution is -2.21. The van der Waals surface area contributed by atoms with E-state index >= 15 is 0 Å². The van der Waals surface area contributed by atoms with Crippen LogP contribution in [0.3, 0.4) is 0 Å². The number of rotatable bonds is 32. The maximum atomic E-state index is 12.0. The topological polar surface area (TPSA) is 63.6 Å². The number of hydrogen-bond acceptors (Lipinski definition) is 3. The van der Waals surface area contributed by atoms with Crippen LogP contribution in [0.15, 0.2) is 24.8 Å². The Labute approximate surface area is 248 Å². The zero-order chi connectivity index (χ0) is 29.4. The molecule has 0 aromatic heterocycles. The lowest BCUT2D eigenvalue weighted by molar-refractivity contribution is -0.152. The highest BCUT2D eigenvalue weighted by molar-refractivity contribution is 5.79. The van der Waals surface area contributed by atoms with Crippen LogP contribution in [0.25, 0.3) is 0 Å². The molecule has 0 bridgehead atoms. The van der Waals surface area contributed by atoms with E-state index < -0.39 is 17.9 Å². The van der Waals surface area contributed by atoms with Crippen LogP contribution in [-0.2, 0) is 14.3 Å². The number of unbranched alkanes of at least 4 members (excludes halogenated alkanes) is 23. The molecule has 0 radical (unpaired) electrons. The predicted molar refractivity (Wildman–Crippen MR) is 172 cm³/mol. The van der Waals surface area contributed by atoms with Gasteiger partial charge in [-0.05, 0) is 32.1 Å². The molecule has 0 fully saturated rings. The number of allylic oxidation sites excluding steroid dienone is 2. The lowest BCUT2D eigenvalue weighted by Gasteiger charge is -2.13. The Morgan fingerprint density at radius 1 is 0.625 bits per heavy atom. The minimum atomic E-state index is -0.941. The predicted octanol–water partition coefficient (Wildman–Crippen LogP) is 11.5. The summed E-state index contributed by atoms with van der Waals surface area (Å²) in [6.07, 6.45) is 40.0. The summed E-state index contributed by atoms with van der Waals surface area (Å²) in [5, 5.41) is 9.03. The normalized spacial score (nSPS) is 12.1. The number of hydrogen-bond donors (Lipinski definition) is 1. The van der Waals surface area contributed by atoms with Crippen molar-refractivity contribution >= 4 is 11.9 Å². The lowest BCUT2D eigenvalue weighted by atomic mass is 9.97. The second-order valence-electron chi connectivity index (χ2n) is 11.8. The van der Waals surface area contributed by atoms with E-state index in [1.54, 1.807) is 0 Å². The fraction of sp³-hybridized carbons (Fsp3) is 0.833. The molecule has 234 valence electrons. The van der Waals surface area contributed by atoms with Crippen LogP contribution in [-0.4, -0.2) is 23.7 Å². The van der Waals surface area contributed by atoms with Gasteiger partial charge >= 0.3 is 11.9 Å². The first-order valence-electron chi connectivity index (χ1n) is 17.3. The highest BCUT2D eigenvalue weighted by Crippen LogP contribution is 2.18. The van der Waals surface area contributed by atoms with Gasteiger partial charge in [-0.15, -0.1) is 0 Å². The molecule has 0 spiro atoms. The van der Waals surface area contributed by atoms with Gasteiger partial charge in [-0.2, -0.15) is 0 Å². The third kappa shape index (κ3) is 29.4. The summed E-state index contributed by atoms with van der Waals surface area (Å²) in [5.41, 5.74) is 0. The fourth-order valence-electron chi connectivity index (χ4n) is 5.36. The van der Waals surface area contributed by atoms with Gasteiger partial charge in [-0.25, -0.2) is 0 Å². The summed E-state index contributed by atoms with van der Waals surface area (Å²) < 4.78 is 5.04. The largest absolute Gasteiger partial charge is 0.481 e. The van der Waals surface area contributed by atoms with E-state index in [0.29, 0.717) is 6.42 Å². The van der Waals surface area contributed by atoms with Crippen LogP contribution >= 0.6 is 0 Å². The van der Waals surface area contributed by atoms with Crippen molar-refractivity contribution in [2.75, 3.05) is 6.61 Å². The monoisotopic (exact) mass is 562 g/mol. The molecule has 1 N–H and O–H groups in total. The van der Waals surface area contributed by atoms with Crippen molar-refractivity contribution in [3.05, 3.63) is 24.8 Å². The Bertz CT molecular complexity index is 598. The van der Waals surface area contributed by atoms with Gasteiger partial charge < -0.3 is 9.84 Å². The van der Waals surface area contributed by atoms with Crippen molar-refractivity contribution in [2.24, 2.45) is 5.92 Å². The van der Waals surface area contributed by atoms with E-state index in [-0.39, 0.29) is 13.0 Å². The molecule has 0 aromatic carbocycles. The second-order valence-corrected chi connectivity index (χ2v) is 11.8. The Kier molecular flexibility index (Phi) is 30.7. The van der Waals surface area contributed by atoms with E-state index in [1.165, 1.54) is 147 Å². The van der Waals surface area contributed by atoms with Crippen molar-refractivity contribution in [1.29, 1.82) is 0 Å². The standard InChI is InChI=1S/C36H66O4/c1-3-5-6-7-8-9-10-11-12-13-14-15-16-17-18-19-20-21-22-23-24-25-26-27-28-29-30-31-34(33-35(37)38)36(39)40-32-4-2/h4,11-12,34H,2-3,5-10,13-33H2,1H3,(H,37,38)/b12-11+. The van der Waals surface area contributed by atoms with Crippen molar-refractivity contribution < 1.29 is 19.4 Å². The van der Waals surface area contributed by atoms with Gasteiger partial charge in [-0.3, -0.25) is 9.59 Å². The van der Waals surface area contributed by atoms with Gasteiger partial charge in [0.2, 0.25) is 0 Å². The summed E-state index contributed by atoms with van der Waals surface area (Å²) in [6.45, 7) is 5.95. The molecule has 0 saturated heterocycles. The number of carboxylic acid groups (broad SMARTS) is 1. The highest BCUT2D eigenvalue weighted by Gasteiger charge is 2.22. The van der Waals surface area contributed by atoms with Crippen molar-refractivity contribution in [3.63, 3.8) is 0 Å². The van der Waals surface area contributed by atoms with E-state index in [0.717, 1.165) is 19.3 Å². The molecule has 0 amide bonds. The van der Waals surface area contributed by atoms with Gasteiger partial charge in [0.05, 0.1) is 12.3 Å². The van der Waals surface area contributed by atoms with Gasteiger partial charge in [0.1, 0.15) is 6.61 Å². The summed E-state index contributed by atoms with van der Waals surface area (Å²) in [5.74, 6) is -1.88. The zero-order valence-corrected chi connectivity index (χ0v) is 26.5. The van der Waals surface area contributed by atoms with Crippen LogP contribution in [0.5, 0.6) is 0 Å². The number of carboxylic acids is 1. The third-order valence-electron chi connectivity index (χ3n) is 7.91. The Morgan fingerprint density at radius 2 is 1.00 bits per heavy atom. The fourth-order valence-corrected chi connectivity index (χ4v) is 5.36. The summed E-state index contributed by atoms with van der Waals surface area (Å²) >= 11 is 0. The first kappa shape index (κ1) is 38.4. The maximum Gasteiger partial charge on any atom is 0.309 e. The first-order valence-corrected chi connectivity index (χ1v) is 17.3. The molecule has 0 aromatic rings. The average molecular weight is 563 g/mol. The summed E-state index contributed by atoms with van der Waals surface area (Å²) in [7, 11) is 0. The Hall–Kier alpha value is -1.58. The highest BCUT2D eigenvalue weighted by atomic mass is 16.5. The molecule has 0 aliphatic heterocycles. The van der Waals surface area contributed by atoms with E-state index in [1.807, 2.05) is 0 Å². The maximum absolute atomic E-state index is 12.0. The van der Waals surface area contributed by atoms with Gasteiger partial charge in [0, 0.05) is 0 Å². The molecular formula is C36H66O4. The van der Waals surface area contributed by atoms with E-state index in [4.69, 9.17) is 9.84 Å². The molecular weight excluding hydrogens is 496 g/mol. The summed E-state index contributed by atoms with van der Waals surface area (Å²) in [4.78, 5) is 23.0. The van der Waals surface area contributed by atoms with E-state index in [9.17, 15) is 9.59 Å². The smallest absolute Gasteiger partial charge is 0.309 e. The molecule has 0 aliphatic rings. The second kappa shape index (κ2) is 31.9. The Balaban J connectivity index is 3.33. The average Bonchev–Trinajstić information content (AvgIpc) is 2.94.